The molecule has 1 aliphatic heterocycles. The fourth-order valence-electron chi connectivity index (χ4n) is 3.05. The number of carbonyl (C=O) groups is 1. The van der Waals surface area contributed by atoms with Gasteiger partial charge in [0.1, 0.15) is 5.82 Å². The van der Waals surface area contributed by atoms with E-state index < -0.39 is 29.6 Å². The van der Waals surface area contributed by atoms with Crippen molar-refractivity contribution < 1.29 is 22.4 Å². The number of halogens is 4. The molecule has 2 unspecified atom stereocenters. The van der Waals surface area contributed by atoms with Crippen LogP contribution in [0.4, 0.5) is 17.6 Å². The van der Waals surface area contributed by atoms with Crippen molar-refractivity contribution in [3.63, 3.8) is 0 Å². The number of rotatable bonds is 5. The molecule has 0 spiro atoms. The molecule has 0 radical (unpaired) electrons. The monoisotopic (exact) mass is 385 g/mol. The van der Waals surface area contributed by atoms with Gasteiger partial charge in [-0.05, 0) is 30.7 Å². The average Bonchev–Trinajstić information content (AvgIpc) is 3.22. The molecule has 1 saturated heterocycles. The second-order valence-corrected chi connectivity index (χ2v) is 6.35. The fraction of sp³-hybridized carbons (Fsp3) is 0.412. The van der Waals surface area contributed by atoms with Gasteiger partial charge in [0.15, 0.2) is 5.69 Å². The number of alkyl halides is 3. The fourth-order valence-corrected chi connectivity index (χ4v) is 3.05. The first-order valence-electron chi connectivity index (χ1n) is 8.39. The molecule has 27 heavy (non-hydrogen) atoms. The summed E-state index contributed by atoms with van der Waals surface area (Å²) in [7, 11) is 0. The van der Waals surface area contributed by atoms with Crippen LogP contribution in [0.3, 0.4) is 0 Å². The molecule has 146 valence electrons. The quantitative estimate of drug-likeness (QED) is 0.688. The summed E-state index contributed by atoms with van der Waals surface area (Å²) in [4.78, 5) is 12.5. The molecule has 2 atom stereocenters. The van der Waals surface area contributed by atoms with Gasteiger partial charge in [0, 0.05) is 18.8 Å². The Morgan fingerprint density at radius 2 is 2.15 bits per heavy atom. The lowest BCUT2D eigenvalue weighted by Crippen LogP contribution is -2.37. The normalized spacial score (nSPS) is 20.0. The largest absolute Gasteiger partial charge is 0.435 e. The van der Waals surface area contributed by atoms with Crippen LogP contribution in [-0.4, -0.2) is 28.8 Å². The zero-order valence-electron chi connectivity index (χ0n) is 14.5. The number of amides is 1. The van der Waals surface area contributed by atoms with Crippen molar-refractivity contribution in [3.8, 4) is 0 Å². The molecule has 10 heteroatoms. The van der Waals surface area contributed by atoms with Gasteiger partial charge in [0.2, 0.25) is 5.91 Å². The van der Waals surface area contributed by atoms with Gasteiger partial charge < -0.3 is 5.32 Å². The van der Waals surface area contributed by atoms with Crippen LogP contribution in [0.15, 0.2) is 30.3 Å². The number of aromatic nitrogens is 2. The highest BCUT2D eigenvalue weighted by Gasteiger charge is 2.35. The lowest BCUT2D eigenvalue weighted by Gasteiger charge is -2.18. The number of hydrogen-bond acceptors (Lipinski definition) is 4. The van der Waals surface area contributed by atoms with Crippen molar-refractivity contribution in [1.29, 1.82) is 0 Å². The molecular weight excluding hydrogens is 366 g/mol. The van der Waals surface area contributed by atoms with Crippen LogP contribution >= 0.6 is 0 Å². The standard InChI is InChI=1S/C17H19F4N5O/c1-10-7-14(17(19,20)21)25-26(10)6-5-22-16(27)13-9-23-24-15(13)11-3-2-4-12(18)8-11/h2-4,7-8,13,15,23-24H,5-6,9H2,1H3,(H,22,27). The highest BCUT2D eigenvalue weighted by atomic mass is 19.4. The Morgan fingerprint density at radius 1 is 1.37 bits per heavy atom. The van der Waals surface area contributed by atoms with Crippen molar-refractivity contribution in [1.82, 2.24) is 25.9 Å². The molecule has 0 bridgehead atoms. The number of hydrogen-bond donors (Lipinski definition) is 3. The topological polar surface area (TPSA) is 71.0 Å². The van der Waals surface area contributed by atoms with E-state index in [2.05, 4.69) is 21.3 Å². The van der Waals surface area contributed by atoms with Gasteiger partial charge in [-0.15, -0.1) is 0 Å². The summed E-state index contributed by atoms with van der Waals surface area (Å²) in [5.41, 5.74) is 5.87. The smallest absolute Gasteiger partial charge is 0.354 e. The first kappa shape index (κ1) is 19.3. The predicted octanol–water partition coefficient (Wildman–Crippen LogP) is 1.93. The molecule has 1 aromatic carbocycles. The molecule has 2 aromatic rings. The van der Waals surface area contributed by atoms with E-state index in [1.807, 2.05) is 0 Å². The van der Waals surface area contributed by atoms with Gasteiger partial charge in [-0.3, -0.25) is 14.9 Å². The van der Waals surface area contributed by atoms with Crippen LogP contribution in [0, 0.1) is 18.7 Å². The second kappa shape index (κ2) is 7.65. The van der Waals surface area contributed by atoms with E-state index in [0.29, 0.717) is 17.8 Å². The first-order chi connectivity index (χ1) is 12.8. The molecule has 1 fully saturated rings. The molecule has 0 aliphatic carbocycles. The van der Waals surface area contributed by atoms with E-state index in [-0.39, 0.29) is 19.0 Å². The Balaban J connectivity index is 1.58. The predicted molar refractivity (Wildman–Crippen MR) is 88.7 cm³/mol. The Morgan fingerprint density at radius 3 is 2.81 bits per heavy atom. The highest BCUT2D eigenvalue weighted by Crippen LogP contribution is 2.28. The van der Waals surface area contributed by atoms with E-state index in [1.165, 1.54) is 23.7 Å². The van der Waals surface area contributed by atoms with Crippen molar-refractivity contribution in [3.05, 3.63) is 53.1 Å². The van der Waals surface area contributed by atoms with Crippen LogP contribution in [0.5, 0.6) is 0 Å². The summed E-state index contributed by atoms with van der Waals surface area (Å²) in [5.74, 6) is -1.14. The summed E-state index contributed by atoms with van der Waals surface area (Å²) in [6, 6.07) is 6.54. The minimum Gasteiger partial charge on any atom is -0.354 e. The maximum atomic E-state index is 13.4. The van der Waals surface area contributed by atoms with Crippen molar-refractivity contribution >= 4 is 5.91 Å². The van der Waals surface area contributed by atoms with Crippen LogP contribution in [-0.2, 0) is 17.5 Å². The Kier molecular flexibility index (Phi) is 5.47. The van der Waals surface area contributed by atoms with Crippen molar-refractivity contribution in [2.75, 3.05) is 13.1 Å². The van der Waals surface area contributed by atoms with Gasteiger partial charge >= 0.3 is 6.18 Å². The van der Waals surface area contributed by atoms with Gasteiger partial charge in [-0.1, -0.05) is 12.1 Å². The molecule has 3 N–H and O–H groups in total. The number of aryl methyl sites for hydroxylation is 1. The number of nitrogens with zero attached hydrogens (tertiary/aromatic N) is 2. The van der Waals surface area contributed by atoms with Crippen LogP contribution < -0.4 is 16.2 Å². The summed E-state index contributed by atoms with van der Waals surface area (Å²) < 4.78 is 52.7. The minimum atomic E-state index is -4.50. The first-order valence-corrected chi connectivity index (χ1v) is 8.39. The number of hydrazine groups is 1. The molecule has 0 saturated carbocycles. The van der Waals surface area contributed by atoms with Crippen LogP contribution in [0.25, 0.3) is 0 Å². The molecule has 1 aromatic heterocycles. The van der Waals surface area contributed by atoms with E-state index in [0.717, 1.165) is 6.07 Å². The number of carbonyl (C=O) groups excluding carboxylic acids is 1. The number of nitrogens with one attached hydrogen (secondary N) is 3. The minimum absolute atomic E-state index is 0.117. The van der Waals surface area contributed by atoms with E-state index in [9.17, 15) is 22.4 Å². The summed E-state index contributed by atoms with van der Waals surface area (Å²) in [6.45, 7) is 2.12. The molecule has 6 nitrogen and oxygen atoms in total. The zero-order chi connectivity index (χ0) is 19.6. The van der Waals surface area contributed by atoms with Crippen LogP contribution in [0.2, 0.25) is 0 Å². The van der Waals surface area contributed by atoms with E-state index in [4.69, 9.17) is 0 Å². The third-order valence-electron chi connectivity index (χ3n) is 4.42. The van der Waals surface area contributed by atoms with E-state index in [1.54, 1.807) is 12.1 Å². The summed E-state index contributed by atoms with van der Waals surface area (Å²) >= 11 is 0. The second-order valence-electron chi connectivity index (χ2n) is 6.35. The lowest BCUT2D eigenvalue weighted by atomic mass is 9.94. The highest BCUT2D eigenvalue weighted by molar-refractivity contribution is 5.80. The molecule has 1 aliphatic rings. The molecule has 1 amide bonds. The zero-order valence-corrected chi connectivity index (χ0v) is 14.5. The van der Waals surface area contributed by atoms with Crippen molar-refractivity contribution in [2.45, 2.75) is 25.7 Å². The molecule has 2 heterocycles. The maximum absolute atomic E-state index is 13.4. The van der Waals surface area contributed by atoms with E-state index >= 15 is 0 Å². The third kappa shape index (κ3) is 4.45. The molecular formula is C17H19F4N5O. The maximum Gasteiger partial charge on any atom is 0.435 e. The third-order valence-corrected chi connectivity index (χ3v) is 4.42. The van der Waals surface area contributed by atoms with Crippen molar-refractivity contribution in [2.24, 2.45) is 5.92 Å². The van der Waals surface area contributed by atoms with Gasteiger partial charge in [-0.25, -0.2) is 9.82 Å². The summed E-state index contributed by atoms with van der Waals surface area (Å²) in [6.07, 6.45) is -4.50. The lowest BCUT2D eigenvalue weighted by molar-refractivity contribution is -0.141. The Hall–Kier alpha value is -2.46. The SMILES string of the molecule is Cc1cc(C(F)(F)F)nn1CCNC(=O)C1CNNC1c1cccc(F)c1. The summed E-state index contributed by atoms with van der Waals surface area (Å²) in [5, 5.41) is 6.23. The number of benzene rings is 1. The van der Waals surface area contributed by atoms with Gasteiger partial charge in [-0.2, -0.15) is 18.3 Å². The Bertz CT molecular complexity index is 820. The molecule has 3 rings (SSSR count). The van der Waals surface area contributed by atoms with Gasteiger partial charge in [0.05, 0.1) is 18.5 Å². The van der Waals surface area contributed by atoms with Gasteiger partial charge in [0.25, 0.3) is 0 Å². The average molecular weight is 385 g/mol. The Labute approximate surface area is 152 Å². The van der Waals surface area contributed by atoms with Crippen LogP contribution in [0.1, 0.15) is 23.0 Å².